The summed E-state index contributed by atoms with van der Waals surface area (Å²) in [6, 6.07) is 4.68. The Balaban J connectivity index is 1.26. The lowest BCUT2D eigenvalue weighted by Gasteiger charge is -2.21. The van der Waals surface area contributed by atoms with Crippen molar-refractivity contribution in [1.29, 1.82) is 0 Å². The molecule has 2 N–H and O–H groups in total. The van der Waals surface area contributed by atoms with Crippen LogP contribution in [0.2, 0.25) is 0 Å². The van der Waals surface area contributed by atoms with Crippen molar-refractivity contribution in [2.75, 3.05) is 13.3 Å². The predicted molar refractivity (Wildman–Crippen MR) is 101 cm³/mol. The van der Waals surface area contributed by atoms with Gasteiger partial charge in [-0.25, -0.2) is 4.79 Å². The van der Waals surface area contributed by atoms with Crippen LogP contribution in [0, 0.1) is 5.92 Å². The lowest BCUT2D eigenvalue weighted by Crippen LogP contribution is -2.46. The van der Waals surface area contributed by atoms with E-state index in [0.29, 0.717) is 11.5 Å². The molecule has 1 aliphatic carbocycles. The van der Waals surface area contributed by atoms with Crippen LogP contribution in [0.25, 0.3) is 0 Å². The average Bonchev–Trinajstić information content (AvgIpc) is 3.43. The molecule has 160 valence electrons. The van der Waals surface area contributed by atoms with Crippen molar-refractivity contribution >= 4 is 23.8 Å². The minimum absolute atomic E-state index is 0.0934. The average molecular weight is 417 g/mol. The molecule has 4 rings (SSSR count). The summed E-state index contributed by atoms with van der Waals surface area (Å²) in [7, 11) is 0. The van der Waals surface area contributed by atoms with Gasteiger partial charge in [0.25, 0.3) is 11.8 Å². The fourth-order valence-electron chi connectivity index (χ4n) is 3.60. The summed E-state index contributed by atoms with van der Waals surface area (Å²) < 4.78 is 15.6. The lowest BCUT2D eigenvalue weighted by atomic mass is 9.96. The van der Waals surface area contributed by atoms with Crippen molar-refractivity contribution < 1.29 is 33.4 Å². The summed E-state index contributed by atoms with van der Waals surface area (Å²) >= 11 is 0. The van der Waals surface area contributed by atoms with Crippen LogP contribution in [0.4, 0.5) is 4.79 Å². The van der Waals surface area contributed by atoms with E-state index in [-0.39, 0.29) is 19.3 Å². The van der Waals surface area contributed by atoms with Crippen molar-refractivity contribution in [3.8, 4) is 11.5 Å². The van der Waals surface area contributed by atoms with Gasteiger partial charge in [0, 0.05) is 6.54 Å². The normalized spacial score (nSPS) is 23.2. The second-order valence-electron chi connectivity index (χ2n) is 7.84. The van der Waals surface area contributed by atoms with E-state index in [1.807, 2.05) is 0 Å². The number of ether oxygens (including phenoxy) is 3. The molecule has 10 heteroatoms. The van der Waals surface area contributed by atoms with Gasteiger partial charge in [0.2, 0.25) is 6.79 Å². The topological polar surface area (TPSA) is 123 Å². The number of nitrogens with zero attached hydrogens (tertiary/aromatic N) is 1. The number of esters is 1. The molecule has 10 nitrogen and oxygen atoms in total. The minimum atomic E-state index is -1.08. The molecule has 0 unspecified atom stereocenters. The Labute approximate surface area is 172 Å². The number of benzene rings is 1. The molecular weight excluding hydrogens is 394 g/mol. The summed E-state index contributed by atoms with van der Waals surface area (Å²) in [4.78, 5) is 50.0. The van der Waals surface area contributed by atoms with Gasteiger partial charge in [0.05, 0.1) is 0 Å². The SMILES string of the molecule is C[C@H](OC(=O)CN1C(=O)N[C@@](C)(C2CC2)C1=O)C(=O)NCc1ccc2c(c1)OCO2. The standard InChI is InChI=1S/C20H23N3O7/c1-11(17(25)21-8-12-3-6-14-15(7-12)29-10-28-14)30-16(24)9-23-18(26)20(2,13-4-5-13)22-19(23)27/h3,6-7,11,13H,4-5,8-10H2,1-2H3,(H,21,25)(H,22,27)/t11-,20-/m0/s1. The number of urea groups is 1. The monoisotopic (exact) mass is 417 g/mol. The Kier molecular flexibility index (Phi) is 5.00. The number of amides is 4. The Morgan fingerprint density at radius 1 is 1.30 bits per heavy atom. The Bertz CT molecular complexity index is 914. The highest BCUT2D eigenvalue weighted by Crippen LogP contribution is 2.42. The second kappa shape index (κ2) is 7.51. The van der Waals surface area contributed by atoms with E-state index in [2.05, 4.69) is 10.6 Å². The highest BCUT2D eigenvalue weighted by molar-refractivity contribution is 6.08. The van der Waals surface area contributed by atoms with Crippen molar-refractivity contribution in [2.45, 2.75) is 44.9 Å². The summed E-state index contributed by atoms with van der Waals surface area (Å²) in [5, 5.41) is 5.33. The molecule has 0 spiro atoms. The zero-order valence-electron chi connectivity index (χ0n) is 16.7. The fraction of sp³-hybridized carbons (Fsp3) is 0.500. The van der Waals surface area contributed by atoms with E-state index in [1.165, 1.54) is 6.92 Å². The molecule has 1 saturated carbocycles. The molecule has 3 aliphatic rings. The first kappa shape index (κ1) is 20.0. The van der Waals surface area contributed by atoms with Crippen molar-refractivity contribution in [2.24, 2.45) is 5.92 Å². The molecule has 2 atom stereocenters. The van der Waals surface area contributed by atoms with Crippen molar-refractivity contribution in [3.05, 3.63) is 23.8 Å². The molecule has 2 fully saturated rings. The molecule has 2 heterocycles. The van der Waals surface area contributed by atoms with Crippen LogP contribution < -0.4 is 20.1 Å². The zero-order chi connectivity index (χ0) is 21.5. The van der Waals surface area contributed by atoms with Gasteiger partial charge in [-0.3, -0.25) is 19.3 Å². The molecule has 30 heavy (non-hydrogen) atoms. The molecular formula is C20H23N3O7. The molecule has 0 radical (unpaired) electrons. The van der Waals surface area contributed by atoms with Crippen molar-refractivity contribution in [3.63, 3.8) is 0 Å². The third kappa shape index (κ3) is 3.77. The van der Waals surface area contributed by atoms with E-state index < -0.39 is 42.0 Å². The Morgan fingerprint density at radius 2 is 2.03 bits per heavy atom. The first-order valence-corrected chi connectivity index (χ1v) is 9.78. The summed E-state index contributed by atoms with van der Waals surface area (Å²) in [6.07, 6.45) is 0.644. The maximum absolute atomic E-state index is 12.6. The van der Waals surface area contributed by atoms with Gasteiger partial charge in [-0.05, 0) is 50.3 Å². The third-order valence-electron chi connectivity index (χ3n) is 5.56. The zero-order valence-corrected chi connectivity index (χ0v) is 16.7. The molecule has 2 aliphatic heterocycles. The highest BCUT2D eigenvalue weighted by Gasteiger charge is 2.56. The van der Waals surface area contributed by atoms with Crippen LogP contribution in [0.5, 0.6) is 11.5 Å². The summed E-state index contributed by atoms with van der Waals surface area (Å²) in [6.45, 7) is 2.93. The largest absolute Gasteiger partial charge is 0.454 e. The van der Waals surface area contributed by atoms with Gasteiger partial charge in [0.15, 0.2) is 17.6 Å². The van der Waals surface area contributed by atoms with E-state index in [1.54, 1.807) is 25.1 Å². The van der Waals surface area contributed by atoms with Gasteiger partial charge in [-0.2, -0.15) is 0 Å². The molecule has 1 saturated heterocycles. The van der Waals surface area contributed by atoms with Crippen LogP contribution in [-0.2, 0) is 25.7 Å². The number of carbonyl (C=O) groups excluding carboxylic acids is 4. The van der Waals surface area contributed by atoms with Crippen LogP contribution in [0.15, 0.2) is 18.2 Å². The second-order valence-corrected chi connectivity index (χ2v) is 7.84. The molecule has 1 aromatic carbocycles. The number of imide groups is 1. The van der Waals surface area contributed by atoms with Crippen LogP contribution in [0.1, 0.15) is 32.3 Å². The number of fused-ring (bicyclic) bond motifs is 1. The van der Waals surface area contributed by atoms with Gasteiger partial charge in [-0.15, -0.1) is 0 Å². The van der Waals surface area contributed by atoms with Gasteiger partial charge >= 0.3 is 12.0 Å². The van der Waals surface area contributed by atoms with Gasteiger partial charge in [-0.1, -0.05) is 6.07 Å². The van der Waals surface area contributed by atoms with E-state index in [9.17, 15) is 19.2 Å². The first-order valence-electron chi connectivity index (χ1n) is 9.78. The molecule has 1 aromatic rings. The smallest absolute Gasteiger partial charge is 0.327 e. The summed E-state index contributed by atoms with van der Waals surface area (Å²) in [5.41, 5.74) is -0.171. The van der Waals surface area contributed by atoms with Crippen LogP contribution in [0.3, 0.4) is 0 Å². The number of rotatable bonds is 7. The quantitative estimate of drug-likeness (QED) is 0.494. The number of nitrogens with one attached hydrogen (secondary N) is 2. The molecule has 4 amide bonds. The van der Waals surface area contributed by atoms with E-state index in [0.717, 1.165) is 23.3 Å². The Morgan fingerprint density at radius 3 is 2.77 bits per heavy atom. The first-order chi connectivity index (χ1) is 14.3. The third-order valence-corrected chi connectivity index (χ3v) is 5.56. The minimum Gasteiger partial charge on any atom is -0.454 e. The molecule has 0 aromatic heterocycles. The lowest BCUT2D eigenvalue weighted by molar-refractivity contribution is -0.156. The maximum atomic E-state index is 12.6. The van der Waals surface area contributed by atoms with Crippen molar-refractivity contribution in [1.82, 2.24) is 15.5 Å². The number of carbonyl (C=O) groups is 4. The maximum Gasteiger partial charge on any atom is 0.327 e. The number of hydrogen-bond acceptors (Lipinski definition) is 7. The number of hydrogen-bond donors (Lipinski definition) is 2. The van der Waals surface area contributed by atoms with Crippen LogP contribution >= 0.6 is 0 Å². The van der Waals surface area contributed by atoms with E-state index in [4.69, 9.17) is 14.2 Å². The van der Waals surface area contributed by atoms with E-state index >= 15 is 0 Å². The fourth-order valence-corrected chi connectivity index (χ4v) is 3.60. The highest BCUT2D eigenvalue weighted by atomic mass is 16.7. The molecule has 0 bridgehead atoms. The Hall–Kier alpha value is -3.30. The van der Waals surface area contributed by atoms with Crippen LogP contribution in [-0.4, -0.2) is 53.7 Å². The summed E-state index contributed by atoms with van der Waals surface area (Å²) in [5.74, 6) is -0.424. The predicted octanol–water partition coefficient (Wildman–Crippen LogP) is 0.684. The van der Waals surface area contributed by atoms with Gasteiger partial charge in [0.1, 0.15) is 12.1 Å². The van der Waals surface area contributed by atoms with Gasteiger partial charge < -0.3 is 24.8 Å².